The summed E-state index contributed by atoms with van der Waals surface area (Å²) in [6.45, 7) is 0.387. The van der Waals surface area contributed by atoms with E-state index in [2.05, 4.69) is 25.9 Å². The van der Waals surface area contributed by atoms with Gasteiger partial charge in [-0.15, -0.1) is 0 Å². The lowest BCUT2D eigenvalue weighted by Gasteiger charge is -2.07. The summed E-state index contributed by atoms with van der Waals surface area (Å²) in [5, 5.41) is 0. The summed E-state index contributed by atoms with van der Waals surface area (Å²) >= 11 is 3.32. The lowest BCUT2D eigenvalue weighted by atomic mass is 10.3. The van der Waals surface area contributed by atoms with Crippen LogP contribution in [0.3, 0.4) is 0 Å². The van der Waals surface area contributed by atoms with Crippen molar-refractivity contribution in [3.05, 3.63) is 46.8 Å². The maximum absolute atomic E-state index is 5.70. The van der Waals surface area contributed by atoms with Crippen molar-refractivity contribution in [1.29, 1.82) is 0 Å². The molecule has 2 rings (SSSR count). The fourth-order valence-corrected chi connectivity index (χ4v) is 1.55. The molecule has 4 nitrogen and oxygen atoms in total. The van der Waals surface area contributed by atoms with Gasteiger partial charge in [0.1, 0.15) is 18.2 Å². The fourth-order valence-electron chi connectivity index (χ4n) is 1.21. The normalized spacial score (nSPS) is 10.1. The number of anilines is 1. The zero-order valence-electron chi connectivity index (χ0n) is 8.43. The number of nitrogens with two attached hydrogens (primary N) is 1. The molecule has 82 valence electrons. The van der Waals surface area contributed by atoms with E-state index in [0.29, 0.717) is 18.2 Å². The van der Waals surface area contributed by atoms with E-state index in [9.17, 15) is 0 Å². The molecule has 0 saturated heterocycles. The number of nitrogens with zero attached hydrogens (tertiary/aromatic N) is 2. The molecule has 0 saturated carbocycles. The van der Waals surface area contributed by atoms with Crippen LogP contribution in [-0.2, 0) is 6.61 Å². The van der Waals surface area contributed by atoms with E-state index in [1.807, 2.05) is 18.2 Å². The second kappa shape index (κ2) is 4.94. The molecule has 0 amide bonds. The second-order valence-corrected chi connectivity index (χ2v) is 4.09. The molecule has 0 spiro atoms. The third-order valence-corrected chi connectivity index (χ3v) is 2.43. The highest BCUT2D eigenvalue weighted by Gasteiger charge is 2.01. The molecule has 2 heterocycles. The highest BCUT2D eigenvalue weighted by atomic mass is 79.9. The summed E-state index contributed by atoms with van der Waals surface area (Å²) < 4.78 is 6.42. The summed E-state index contributed by atoms with van der Waals surface area (Å²) in [6, 6.07) is 5.56. The zero-order valence-corrected chi connectivity index (χ0v) is 10.0. The average molecular weight is 280 g/mol. The van der Waals surface area contributed by atoms with Gasteiger partial charge in [-0.05, 0) is 28.1 Å². The third-order valence-electron chi connectivity index (χ3n) is 2.00. The first-order valence-corrected chi connectivity index (χ1v) is 5.48. The molecule has 0 aliphatic rings. The summed E-state index contributed by atoms with van der Waals surface area (Å²) in [7, 11) is 0. The molecule has 0 atom stereocenters. The van der Waals surface area contributed by atoms with Crippen molar-refractivity contribution in [2.24, 2.45) is 0 Å². The standard InChI is InChI=1S/C11H10BrN3O/c12-9-4-10(6-14-5-9)16-7-8-2-1-3-15-11(8)13/h1-6H,7H2,(H2,13,15). The Bertz CT molecular complexity index is 490. The Morgan fingerprint density at radius 3 is 3.00 bits per heavy atom. The largest absolute Gasteiger partial charge is 0.487 e. The second-order valence-electron chi connectivity index (χ2n) is 3.18. The maximum atomic E-state index is 5.70. The minimum Gasteiger partial charge on any atom is -0.487 e. The number of aromatic nitrogens is 2. The van der Waals surface area contributed by atoms with Gasteiger partial charge in [0.2, 0.25) is 0 Å². The van der Waals surface area contributed by atoms with Gasteiger partial charge < -0.3 is 10.5 Å². The van der Waals surface area contributed by atoms with Crippen LogP contribution in [0.4, 0.5) is 5.82 Å². The smallest absolute Gasteiger partial charge is 0.139 e. The zero-order chi connectivity index (χ0) is 11.4. The van der Waals surface area contributed by atoms with Gasteiger partial charge in [0.25, 0.3) is 0 Å². The van der Waals surface area contributed by atoms with E-state index >= 15 is 0 Å². The lowest BCUT2D eigenvalue weighted by Crippen LogP contribution is -2.01. The monoisotopic (exact) mass is 279 g/mol. The van der Waals surface area contributed by atoms with Gasteiger partial charge >= 0.3 is 0 Å². The van der Waals surface area contributed by atoms with Gasteiger partial charge in [0, 0.05) is 22.4 Å². The highest BCUT2D eigenvalue weighted by Crippen LogP contribution is 2.18. The van der Waals surface area contributed by atoms with Gasteiger partial charge in [-0.2, -0.15) is 0 Å². The fraction of sp³-hybridized carbons (Fsp3) is 0.0909. The van der Waals surface area contributed by atoms with Crippen molar-refractivity contribution in [2.75, 3.05) is 5.73 Å². The van der Waals surface area contributed by atoms with Crippen LogP contribution in [0.5, 0.6) is 5.75 Å². The molecule has 0 aliphatic carbocycles. The average Bonchev–Trinajstić information content (AvgIpc) is 2.28. The number of halogens is 1. The molecule has 0 radical (unpaired) electrons. The molecule has 0 bridgehead atoms. The Hall–Kier alpha value is -1.62. The quantitative estimate of drug-likeness (QED) is 0.937. The van der Waals surface area contributed by atoms with Gasteiger partial charge in [0.15, 0.2) is 0 Å². The Labute approximate surface area is 102 Å². The van der Waals surface area contributed by atoms with Crippen molar-refractivity contribution in [3.63, 3.8) is 0 Å². The maximum Gasteiger partial charge on any atom is 0.139 e. The van der Waals surface area contributed by atoms with E-state index < -0.39 is 0 Å². The van der Waals surface area contributed by atoms with Crippen LogP contribution in [0, 0.1) is 0 Å². The molecule has 0 fully saturated rings. The third kappa shape index (κ3) is 2.70. The highest BCUT2D eigenvalue weighted by molar-refractivity contribution is 9.10. The van der Waals surface area contributed by atoms with Crippen LogP contribution < -0.4 is 10.5 Å². The first kappa shape index (κ1) is 10.9. The molecule has 2 aromatic rings. The van der Waals surface area contributed by atoms with Gasteiger partial charge in [0.05, 0.1) is 6.20 Å². The molecule has 16 heavy (non-hydrogen) atoms. The first-order chi connectivity index (χ1) is 7.75. The lowest BCUT2D eigenvalue weighted by molar-refractivity contribution is 0.305. The van der Waals surface area contributed by atoms with Crippen molar-refractivity contribution in [2.45, 2.75) is 6.61 Å². The number of hydrogen-bond acceptors (Lipinski definition) is 4. The predicted octanol–water partition coefficient (Wildman–Crippen LogP) is 2.40. The van der Waals surface area contributed by atoms with Crippen molar-refractivity contribution in [3.8, 4) is 5.75 Å². The molecule has 0 aliphatic heterocycles. The minimum absolute atomic E-state index is 0.387. The van der Waals surface area contributed by atoms with E-state index in [1.165, 1.54) is 0 Å². The van der Waals surface area contributed by atoms with Gasteiger partial charge in [-0.3, -0.25) is 4.98 Å². The van der Waals surface area contributed by atoms with Crippen molar-refractivity contribution in [1.82, 2.24) is 9.97 Å². The molecule has 5 heteroatoms. The van der Waals surface area contributed by atoms with Gasteiger partial charge in [-0.25, -0.2) is 4.98 Å². The van der Waals surface area contributed by atoms with Crippen LogP contribution >= 0.6 is 15.9 Å². The number of rotatable bonds is 3. The summed E-state index contributed by atoms with van der Waals surface area (Å²) in [5.41, 5.74) is 6.56. The van der Waals surface area contributed by atoms with E-state index in [-0.39, 0.29) is 0 Å². The van der Waals surface area contributed by atoms with Gasteiger partial charge in [-0.1, -0.05) is 6.07 Å². The number of ether oxygens (including phenoxy) is 1. The molecule has 2 aromatic heterocycles. The van der Waals surface area contributed by atoms with Crippen molar-refractivity contribution >= 4 is 21.7 Å². The molecular formula is C11H10BrN3O. The molecule has 0 aromatic carbocycles. The Balaban J connectivity index is 2.05. The van der Waals surface area contributed by atoms with Crippen LogP contribution in [-0.4, -0.2) is 9.97 Å². The van der Waals surface area contributed by atoms with Crippen LogP contribution in [0.25, 0.3) is 0 Å². The van der Waals surface area contributed by atoms with E-state index in [1.54, 1.807) is 18.6 Å². The summed E-state index contributed by atoms with van der Waals surface area (Å²) in [5.74, 6) is 1.18. The SMILES string of the molecule is Nc1ncccc1COc1cncc(Br)c1. The summed E-state index contributed by atoms with van der Waals surface area (Å²) in [4.78, 5) is 7.98. The molecule has 2 N–H and O–H groups in total. The first-order valence-electron chi connectivity index (χ1n) is 4.68. The van der Waals surface area contributed by atoms with Crippen LogP contribution in [0.1, 0.15) is 5.56 Å². The van der Waals surface area contributed by atoms with Crippen molar-refractivity contribution < 1.29 is 4.74 Å². The Morgan fingerprint density at radius 1 is 1.38 bits per heavy atom. The Morgan fingerprint density at radius 2 is 2.25 bits per heavy atom. The number of nitrogen functional groups attached to an aromatic ring is 1. The summed E-state index contributed by atoms with van der Waals surface area (Å²) in [6.07, 6.45) is 5.00. The predicted molar refractivity (Wildman–Crippen MR) is 64.9 cm³/mol. The van der Waals surface area contributed by atoms with Crippen LogP contribution in [0.2, 0.25) is 0 Å². The Kier molecular flexibility index (Phi) is 3.36. The molecular weight excluding hydrogens is 270 g/mol. The molecule has 0 unspecified atom stereocenters. The van der Waals surface area contributed by atoms with E-state index in [4.69, 9.17) is 10.5 Å². The minimum atomic E-state index is 0.387. The number of hydrogen-bond donors (Lipinski definition) is 1. The van der Waals surface area contributed by atoms with Crippen LogP contribution in [0.15, 0.2) is 41.3 Å². The van der Waals surface area contributed by atoms with E-state index in [0.717, 1.165) is 10.0 Å². The number of pyridine rings is 2. The topological polar surface area (TPSA) is 61.0 Å².